The predicted molar refractivity (Wildman–Crippen MR) is 105 cm³/mol. The number of fused-ring (bicyclic) bond motifs is 1. The fourth-order valence-corrected chi connectivity index (χ4v) is 3.88. The fourth-order valence-electron chi connectivity index (χ4n) is 2.85. The van der Waals surface area contributed by atoms with E-state index in [2.05, 4.69) is 22.2 Å². The first-order valence-electron chi connectivity index (χ1n) is 8.74. The molecule has 0 aliphatic rings. The van der Waals surface area contributed by atoms with Crippen molar-refractivity contribution < 1.29 is 4.79 Å². The number of nitrogens with one attached hydrogen (secondary N) is 1. The smallest absolute Gasteiger partial charge is 0.267 e. The van der Waals surface area contributed by atoms with Crippen LogP contribution in [0.2, 0.25) is 0 Å². The summed E-state index contributed by atoms with van der Waals surface area (Å²) in [4.78, 5) is 35.2. The van der Waals surface area contributed by atoms with E-state index >= 15 is 0 Å². The van der Waals surface area contributed by atoms with Gasteiger partial charge < -0.3 is 5.32 Å². The Morgan fingerprint density at radius 1 is 1.27 bits per heavy atom. The highest BCUT2D eigenvalue weighted by molar-refractivity contribution is 7.20. The van der Waals surface area contributed by atoms with Crippen LogP contribution < -0.4 is 10.9 Å². The molecule has 1 N–H and O–H groups in total. The molecule has 3 aromatic heterocycles. The number of unbranched alkanes of at least 4 members (excludes halogenated alkanes) is 2. The first kappa shape index (κ1) is 18.3. The van der Waals surface area contributed by atoms with Gasteiger partial charge in [0.05, 0.1) is 16.6 Å². The molecular weight excluding hydrogens is 348 g/mol. The molecular formula is C19H22N4O2S. The van der Waals surface area contributed by atoms with Crippen molar-refractivity contribution in [1.82, 2.24) is 14.5 Å². The maximum Gasteiger partial charge on any atom is 0.267 e. The van der Waals surface area contributed by atoms with E-state index in [1.807, 2.05) is 19.1 Å². The van der Waals surface area contributed by atoms with E-state index < -0.39 is 0 Å². The Morgan fingerprint density at radius 2 is 2.08 bits per heavy atom. The summed E-state index contributed by atoms with van der Waals surface area (Å²) < 4.78 is 1.64. The molecule has 0 unspecified atom stereocenters. The largest absolute Gasteiger partial charge is 0.306 e. The third kappa shape index (κ3) is 3.53. The molecule has 0 aromatic carbocycles. The van der Waals surface area contributed by atoms with E-state index in [-0.39, 0.29) is 11.5 Å². The normalized spacial score (nSPS) is 11.0. The Morgan fingerprint density at radius 3 is 2.81 bits per heavy atom. The molecule has 0 saturated carbocycles. The number of anilines is 1. The average Bonchev–Trinajstić information content (AvgIpc) is 2.96. The van der Waals surface area contributed by atoms with Crippen molar-refractivity contribution in [3.05, 3.63) is 51.0 Å². The van der Waals surface area contributed by atoms with E-state index in [0.29, 0.717) is 33.0 Å². The van der Waals surface area contributed by atoms with E-state index in [1.165, 1.54) is 11.3 Å². The lowest BCUT2D eigenvalue weighted by atomic mass is 10.2. The number of carbonyl (C=O) groups excluding carboxylic acids is 1. The third-order valence-electron chi connectivity index (χ3n) is 4.37. The number of pyridine rings is 1. The lowest BCUT2D eigenvalue weighted by molar-refractivity contribution is 0.102. The monoisotopic (exact) mass is 370 g/mol. The van der Waals surface area contributed by atoms with Gasteiger partial charge in [-0.15, -0.1) is 11.3 Å². The summed E-state index contributed by atoms with van der Waals surface area (Å²) in [5.74, 6) is 0.267. The molecule has 3 heterocycles. The van der Waals surface area contributed by atoms with Gasteiger partial charge in [-0.3, -0.25) is 14.2 Å². The molecule has 0 aliphatic carbocycles. The minimum atomic E-state index is -0.260. The van der Waals surface area contributed by atoms with Gasteiger partial charge in [-0.25, -0.2) is 9.97 Å². The minimum Gasteiger partial charge on any atom is -0.306 e. The van der Waals surface area contributed by atoms with Crippen molar-refractivity contribution in [2.45, 2.75) is 46.6 Å². The lowest BCUT2D eigenvalue weighted by Gasteiger charge is -2.06. The molecule has 0 saturated heterocycles. The SMILES string of the molecule is CCCCCn1cnc2sc(C(=O)Nc3ncccc3C)c(C)c2c1=O. The maximum absolute atomic E-state index is 12.8. The quantitative estimate of drug-likeness (QED) is 0.667. The molecule has 6 nitrogen and oxygen atoms in total. The molecule has 0 atom stereocenters. The van der Waals surface area contributed by atoms with Crippen LogP contribution in [-0.4, -0.2) is 20.4 Å². The number of nitrogens with zero attached hydrogens (tertiary/aromatic N) is 3. The number of aryl methyl sites for hydroxylation is 3. The minimum absolute atomic E-state index is 0.0760. The van der Waals surface area contributed by atoms with Crippen molar-refractivity contribution in [3.8, 4) is 0 Å². The van der Waals surface area contributed by atoms with Crippen LogP contribution in [0.15, 0.2) is 29.5 Å². The molecule has 3 aromatic rings. The highest BCUT2D eigenvalue weighted by Gasteiger charge is 2.20. The van der Waals surface area contributed by atoms with Gasteiger partial charge in [-0.05, 0) is 37.5 Å². The Labute approximate surface area is 155 Å². The summed E-state index contributed by atoms with van der Waals surface area (Å²) in [7, 11) is 0. The number of rotatable bonds is 6. The molecule has 26 heavy (non-hydrogen) atoms. The Hall–Kier alpha value is -2.54. The van der Waals surface area contributed by atoms with Gasteiger partial charge in [-0.1, -0.05) is 25.8 Å². The van der Waals surface area contributed by atoms with Crippen molar-refractivity contribution in [1.29, 1.82) is 0 Å². The number of aromatic nitrogens is 3. The topological polar surface area (TPSA) is 76.9 Å². The zero-order chi connectivity index (χ0) is 18.7. The third-order valence-corrected chi connectivity index (χ3v) is 5.57. The summed E-state index contributed by atoms with van der Waals surface area (Å²) in [5, 5.41) is 3.37. The standard InChI is InChI=1S/C19H22N4O2S/c1-4-5-6-10-23-11-21-18-14(19(23)25)13(3)15(26-18)17(24)22-16-12(2)8-7-9-20-16/h7-9,11H,4-6,10H2,1-3H3,(H,20,22,24). The zero-order valence-corrected chi connectivity index (χ0v) is 16.0. The van der Waals surface area contributed by atoms with Crippen LogP contribution in [0.3, 0.4) is 0 Å². The Balaban J connectivity index is 1.94. The fraction of sp³-hybridized carbons (Fsp3) is 0.368. The number of carbonyl (C=O) groups is 1. The van der Waals surface area contributed by atoms with E-state index in [0.717, 1.165) is 24.8 Å². The Kier molecular flexibility index (Phi) is 5.46. The molecule has 1 amide bonds. The summed E-state index contributed by atoms with van der Waals surface area (Å²) >= 11 is 1.24. The van der Waals surface area contributed by atoms with Gasteiger partial charge in [0, 0.05) is 12.7 Å². The lowest BCUT2D eigenvalue weighted by Crippen LogP contribution is -2.20. The van der Waals surface area contributed by atoms with E-state index in [1.54, 1.807) is 24.0 Å². The second-order valence-corrected chi connectivity index (χ2v) is 7.31. The number of hydrogen-bond acceptors (Lipinski definition) is 5. The van der Waals surface area contributed by atoms with Crippen LogP contribution in [0.25, 0.3) is 10.2 Å². The molecule has 0 fully saturated rings. The van der Waals surface area contributed by atoms with Crippen LogP contribution in [0, 0.1) is 13.8 Å². The van der Waals surface area contributed by atoms with Crippen LogP contribution in [0.5, 0.6) is 0 Å². The molecule has 0 aliphatic heterocycles. The summed E-state index contributed by atoms with van der Waals surface area (Å²) in [6.07, 6.45) is 6.33. The van der Waals surface area contributed by atoms with Crippen molar-refractivity contribution in [3.63, 3.8) is 0 Å². The molecule has 0 radical (unpaired) electrons. The number of thiophene rings is 1. The van der Waals surface area contributed by atoms with Gasteiger partial charge in [0.25, 0.3) is 11.5 Å². The van der Waals surface area contributed by atoms with Gasteiger partial charge in [0.15, 0.2) is 0 Å². The zero-order valence-electron chi connectivity index (χ0n) is 15.2. The van der Waals surface area contributed by atoms with Crippen molar-refractivity contribution >= 4 is 33.3 Å². The molecule has 0 spiro atoms. The second-order valence-electron chi connectivity index (χ2n) is 6.31. The maximum atomic E-state index is 12.8. The second kappa shape index (κ2) is 7.78. The average molecular weight is 370 g/mol. The van der Waals surface area contributed by atoms with Crippen LogP contribution in [0.4, 0.5) is 5.82 Å². The molecule has 7 heteroatoms. The van der Waals surface area contributed by atoms with Gasteiger partial charge in [0.1, 0.15) is 10.6 Å². The van der Waals surface area contributed by atoms with Crippen LogP contribution in [0.1, 0.15) is 47.0 Å². The van der Waals surface area contributed by atoms with Gasteiger partial charge >= 0.3 is 0 Å². The van der Waals surface area contributed by atoms with Crippen molar-refractivity contribution in [2.24, 2.45) is 0 Å². The van der Waals surface area contributed by atoms with E-state index in [4.69, 9.17) is 0 Å². The Bertz CT molecular complexity index is 1010. The predicted octanol–water partition coefficient (Wildman–Crippen LogP) is 3.91. The number of hydrogen-bond donors (Lipinski definition) is 1. The molecule has 3 rings (SSSR count). The first-order chi connectivity index (χ1) is 12.5. The molecule has 136 valence electrons. The number of amides is 1. The van der Waals surface area contributed by atoms with E-state index in [9.17, 15) is 9.59 Å². The summed E-state index contributed by atoms with van der Waals surface area (Å²) in [6, 6.07) is 3.71. The van der Waals surface area contributed by atoms with Crippen LogP contribution >= 0.6 is 11.3 Å². The summed E-state index contributed by atoms with van der Waals surface area (Å²) in [6.45, 7) is 6.47. The van der Waals surface area contributed by atoms with Gasteiger partial charge in [0.2, 0.25) is 0 Å². The highest BCUT2D eigenvalue weighted by atomic mass is 32.1. The van der Waals surface area contributed by atoms with Crippen molar-refractivity contribution in [2.75, 3.05) is 5.32 Å². The summed E-state index contributed by atoms with van der Waals surface area (Å²) in [5.41, 5.74) is 1.49. The first-order valence-corrected chi connectivity index (χ1v) is 9.56. The van der Waals surface area contributed by atoms with Crippen LogP contribution in [-0.2, 0) is 6.54 Å². The molecule has 0 bridgehead atoms. The van der Waals surface area contributed by atoms with Gasteiger partial charge in [-0.2, -0.15) is 0 Å². The highest BCUT2D eigenvalue weighted by Crippen LogP contribution is 2.27.